The quantitative estimate of drug-likeness (QED) is 0.580. The number of likely N-dealkylation sites (N-methyl/N-ethyl adjacent to an activating group) is 1. The molecular weight excluding hydrogens is 422 g/mol. The second kappa shape index (κ2) is 9.36. The van der Waals surface area contributed by atoms with Crippen molar-refractivity contribution in [3.05, 3.63) is 58.1 Å². The van der Waals surface area contributed by atoms with Gasteiger partial charge in [0.25, 0.3) is 5.91 Å². The zero-order valence-electron chi connectivity index (χ0n) is 14.8. The number of amides is 1. The summed E-state index contributed by atoms with van der Waals surface area (Å²) >= 11 is 11.9. The van der Waals surface area contributed by atoms with E-state index in [0.717, 1.165) is 23.3 Å². The lowest BCUT2D eigenvalue weighted by Crippen LogP contribution is -2.42. The van der Waals surface area contributed by atoms with Gasteiger partial charge in [0, 0.05) is 7.05 Å². The maximum atomic E-state index is 12.7. The summed E-state index contributed by atoms with van der Waals surface area (Å²) in [6.45, 7) is -0.344. The van der Waals surface area contributed by atoms with Crippen LogP contribution in [0.5, 0.6) is 11.5 Å². The number of rotatable bonds is 7. The average molecular weight is 438 g/mol. The standard InChI is InChI=1S/C18H16Cl2F3NO4/c1-24(26-2)17(25)16(28-15-6-4-3-5-12(15)19)10-27-14-8-7-11(9-13(14)20)18(21,22)23/h3-9,16H,10H2,1-2H3. The molecule has 2 rings (SSSR count). The van der Waals surface area contributed by atoms with Crippen LogP contribution in [0.15, 0.2) is 42.5 Å². The molecule has 0 bridgehead atoms. The van der Waals surface area contributed by atoms with Gasteiger partial charge in [-0.3, -0.25) is 9.63 Å². The number of para-hydroxylation sites is 1. The Bertz CT molecular complexity index is 833. The van der Waals surface area contributed by atoms with Gasteiger partial charge in [0.2, 0.25) is 6.10 Å². The molecule has 1 unspecified atom stereocenters. The smallest absolute Gasteiger partial charge is 0.416 e. The van der Waals surface area contributed by atoms with E-state index in [2.05, 4.69) is 0 Å². The molecule has 0 spiro atoms. The molecule has 0 heterocycles. The van der Waals surface area contributed by atoms with Crippen LogP contribution in [0.4, 0.5) is 13.2 Å². The van der Waals surface area contributed by atoms with E-state index in [0.29, 0.717) is 0 Å². The Kier molecular flexibility index (Phi) is 7.40. The van der Waals surface area contributed by atoms with Crippen molar-refractivity contribution in [2.75, 3.05) is 20.8 Å². The van der Waals surface area contributed by atoms with Crippen LogP contribution in [-0.2, 0) is 15.8 Å². The second-order valence-electron chi connectivity index (χ2n) is 5.51. The Balaban J connectivity index is 2.19. The first-order valence-corrected chi connectivity index (χ1v) is 8.61. The molecule has 0 saturated heterocycles. The van der Waals surface area contributed by atoms with E-state index in [9.17, 15) is 18.0 Å². The van der Waals surface area contributed by atoms with Crippen molar-refractivity contribution in [1.82, 2.24) is 5.06 Å². The summed E-state index contributed by atoms with van der Waals surface area (Å²) in [5.41, 5.74) is -0.913. The maximum absolute atomic E-state index is 12.7. The molecule has 0 aliphatic heterocycles. The molecule has 2 aromatic carbocycles. The first-order valence-electron chi connectivity index (χ1n) is 7.86. The van der Waals surface area contributed by atoms with Crippen molar-refractivity contribution < 1.29 is 32.3 Å². The SMILES string of the molecule is CON(C)C(=O)C(COc1ccc(C(F)(F)F)cc1Cl)Oc1ccccc1Cl. The summed E-state index contributed by atoms with van der Waals surface area (Å²) in [6.07, 6.45) is -5.72. The van der Waals surface area contributed by atoms with Crippen LogP contribution in [0.2, 0.25) is 10.0 Å². The summed E-state index contributed by atoms with van der Waals surface area (Å²) < 4.78 is 49.2. The van der Waals surface area contributed by atoms with E-state index in [-0.39, 0.29) is 28.2 Å². The summed E-state index contributed by atoms with van der Waals surface area (Å²) in [7, 11) is 2.66. The van der Waals surface area contributed by atoms with Gasteiger partial charge < -0.3 is 9.47 Å². The fourth-order valence-electron chi connectivity index (χ4n) is 2.10. The molecule has 10 heteroatoms. The number of nitrogens with zero attached hydrogens (tertiary/aromatic N) is 1. The molecule has 1 amide bonds. The second-order valence-corrected chi connectivity index (χ2v) is 6.32. The molecule has 5 nitrogen and oxygen atoms in total. The highest BCUT2D eigenvalue weighted by Gasteiger charge is 2.31. The van der Waals surface area contributed by atoms with Gasteiger partial charge in [-0.2, -0.15) is 13.2 Å². The lowest BCUT2D eigenvalue weighted by atomic mass is 10.2. The molecule has 0 aliphatic rings. The van der Waals surface area contributed by atoms with Crippen molar-refractivity contribution in [3.8, 4) is 11.5 Å². The Hall–Kier alpha value is -2.16. The minimum atomic E-state index is -4.53. The Labute approximate surface area is 169 Å². The third-order valence-electron chi connectivity index (χ3n) is 3.61. The topological polar surface area (TPSA) is 48.0 Å². The third kappa shape index (κ3) is 5.67. The molecule has 0 radical (unpaired) electrons. The van der Waals surface area contributed by atoms with E-state index in [1.54, 1.807) is 24.3 Å². The number of carbonyl (C=O) groups excluding carboxylic acids is 1. The average Bonchev–Trinajstić information content (AvgIpc) is 2.65. The fourth-order valence-corrected chi connectivity index (χ4v) is 2.52. The largest absolute Gasteiger partial charge is 0.488 e. The van der Waals surface area contributed by atoms with E-state index < -0.39 is 23.8 Å². The molecule has 28 heavy (non-hydrogen) atoms. The van der Waals surface area contributed by atoms with Crippen molar-refractivity contribution >= 4 is 29.1 Å². The van der Waals surface area contributed by atoms with Gasteiger partial charge in [0.05, 0.1) is 22.7 Å². The first kappa shape index (κ1) is 22.1. The highest BCUT2D eigenvalue weighted by Crippen LogP contribution is 2.35. The molecule has 0 fully saturated rings. The number of ether oxygens (including phenoxy) is 2. The number of hydrogen-bond donors (Lipinski definition) is 0. The highest BCUT2D eigenvalue weighted by molar-refractivity contribution is 6.32. The van der Waals surface area contributed by atoms with E-state index >= 15 is 0 Å². The van der Waals surface area contributed by atoms with Gasteiger partial charge in [0.1, 0.15) is 18.1 Å². The lowest BCUT2D eigenvalue weighted by molar-refractivity contribution is -0.177. The van der Waals surface area contributed by atoms with Crippen LogP contribution in [0.1, 0.15) is 5.56 Å². The predicted octanol–water partition coefficient (Wildman–Crippen LogP) is 4.86. The fraction of sp³-hybridized carbons (Fsp3) is 0.278. The van der Waals surface area contributed by atoms with Gasteiger partial charge in [-0.1, -0.05) is 35.3 Å². The summed E-state index contributed by atoms with van der Waals surface area (Å²) in [6, 6.07) is 9.12. The lowest BCUT2D eigenvalue weighted by Gasteiger charge is -2.23. The van der Waals surface area contributed by atoms with Crippen LogP contribution in [0, 0.1) is 0 Å². The molecule has 2 aromatic rings. The van der Waals surface area contributed by atoms with Crippen molar-refractivity contribution in [1.29, 1.82) is 0 Å². The summed E-state index contributed by atoms with van der Waals surface area (Å²) in [4.78, 5) is 17.3. The van der Waals surface area contributed by atoms with Gasteiger partial charge in [-0.05, 0) is 30.3 Å². The number of carbonyl (C=O) groups is 1. The molecular formula is C18H16Cl2F3NO4. The molecule has 0 saturated carbocycles. The Morgan fingerprint density at radius 2 is 1.79 bits per heavy atom. The minimum absolute atomic E-state index is 0.0321. The molecule has 0 N–H and O–H groups in total. The third-order valence-corrected chi connectivity index (χ3v) is 4.22. The van der Waals surface area contributed by atoms with Gasteiger partial charge >= 0.3 is 6.18 Å². The monoisotopic (exact) mass is 437 g/mol. The molecule has 0 aromatic heterocycles. The van der Waals surface area contributed by atoms with Crippen LogP contribution in [0.3, 0.4) is 0 Å². The van der Waals surface area contributed by atoms with Crippen LogP contribution < -0.4 is 9.47 Å². The number of benzene rings is 2. The maximum Gasteiger partial charge on any atom is 0.416 e. The van der Waals surface area contributed by atoms with Crippen LogP contribution >= 0.6 is 23.2 Å². The minimum Gasteiger partial charge on any atom is -0.488 e. The zero-order chi connectivity index (χ0) is 20.9. The number of hydrogen-bond acceptors (Lipinski definition) is 4. The Morgan fingerprint density at radius 1 is 1.11 bits per heavy atom. The van der Waals surface area contributed by atoms with E-state index in [1.807, 2.05) is 0 Å². The van der Waals surface area contributed by atoms with Crippen LogP contribution in [0.25, 0.3) is 0 Å². The van der Waals surface area contributed by atoms with E-state index in [4.69, 9.17) is 37.5 Å². The highest BCUT2D eigenvalue weighted by atomic mass is 35.5. The molecule has 0 aliphatic carbocycles. The van der Waals surface area contributed by atoms with E-state index in [1.165, 1.54) is 14.2 Å². The first-order chi connectivity index (χ1) is 13.1. The van der Waals surface area contributed by atoms with Gasteiger partial charge in [-0.25, -0.2) is 5.06 Å². The Morgan fingerprint density at radius 3 is 2.36 bits per heavy atom. The zero-order valence-corrected chi connectivity index (χ0v) is 16.3. The number of alkyl halides is 3. The van der Waals surface area contributed by atoms with Crippen LogP contribution in [-0.4, -0.2) is 37.8 Å². The van der Waals surface area contributed by atoms with Gasteiger partial charge in [0.15, 0.2) is 0 Å². The van der Waals surface area contributed by atoms with Crippen molar-refractivity contribution in [2.45, 2.75) is 12.3 Å². The number of hydroxylamine groups is 2. The van der Waals surface area contributed by atoms with Crippen molar-refractivity contribution in [2.24, 2.45) is 0 Å². The molecule has 152 valence electrons. The summed E-state index contributed by atoms with van der Waals surface area (Å²) in [5, 5.41) is 0.950. The van der Waals surface area contributed by atoms with Gasteiger partial charge in [-0.15, -0.1) is 0 Å². The normalized spacial score (nSPS) is 12.4. The predicted molar refractivity (Wildman–Crippen MR) is 97.6 cm³/mol. The number of halogens is 5. The van der Waals surface area contributed by atoms with Crippen molar-refractivity contribution in [3.63, 3.8) is 0 Å². The summed E-state index contributed by atoms with van der Waals surface area (Å²) in [5.74, 6) is -0.394. The molecule has 1 atom stereocenters.